The number of phenols is 1. The zero-order valence-corrected chi connectivity index (χ0v) is 22.0. The highest BCUT2D eigenvalue weighted by atomic mass is 32.2. The van der Waals surface area contributed by atoms with Gasteiger partial charge in [-0.15, -0.1) is 11.8 Å². The molecule has 0 saturated carbocycles. The van der Waals surface area contributed by atoms with Gasteiger partial charge in [0.25, 0.3) is 0 Å². The summed E-state index contributed by atoms with van der Waals surface area (Å²) in [5, 5.41) is 10.1. The van der Waals surface area contributed by atoms with E-state index in [0.717, 1.165) is 65.0 Å². The number of benzene rings is 3. The molecule has 0 aliphatic carbocycles. The molecule has 0 unspecified atom stereocenters. The Morgan fingerprint density at radius 1 is 1.03 bits per heavy atom. The molecule has 0 aromatic heterocycles. The number of thioether (sulfide) groups is 1. The Morgan fingerprint density at radius 2 is 1.82 bits per heavy atom. The Kier molecular flexibility index (Phi) is 8.67. The summed E-state index contributed by atoms with van der Waals surface area (Å²) in [5.74, 6) is 0.199. The normalized spacial score (nSPS) is 17.8. The lowest BCUT2D eigenvalue weighted by atomic mass is 9.88. The smallest absolute Gasteiger partial charge is 0.387 e. The summed E-state index contributed by atoms with van der Waals surface area (Å²) in [6.45, 7) is -1.08. The number of nitrogens with zero attached hydrogens (tertiary/aromatic N) is 1. The van der Waals surface area contributed by atoms with Gasteiger partial charge in [-0.2, -0.15) is 8.78 Å². The summed E-state index contributed by atoms with van der Waals surface area (Å²) >= 11 is 1.59. The second-order valence-corrected chi connectivity index (χ2v) is 10.7. The lowest BCUT2D eigenvalue weighted by Crippen LogP contribution is -2.26. The van der Waals surface area contributed by atoms with Crippen molar-refractivity contribution in [1.82, 2.24) is 4.90 Å². The molecule has 1 saturated heterocycles. The molecule has 0 bridgehead atoms. The molecule has 5 rings (SSSR count). The number of ether oxygens (including phenoxy) is 2. The van der Waals surface area contributed by atoms with Crippen molar-refractivity contribution >= 4 is 22.9 Å². The molecule has 2 aliphatic rings. The number of aromatic hydroxyl groups is 1. The van der Waals surface area contributed by atoms with E-state index in [0.29, 0.717) is 24.2 Å². The van der Waals surface area contributed by atoms with Gasteiger partial charge >= 0.3 is 6.61 Å². The number of allylic oxidation sites excluding steroid dienone is 1. The van der Waals surface area contributed by atoms with E-state index in [9.17, 15) is 22.7 Å². The van der Waals surface area contributed by atoms with Crippen molar-refractivity contribution in [3.8, 4) is 17.2 Å². The molecule has 206 valence electrons. The number of fused-ring (bicyclic) bond motifs is 1. The van der Waals surface area contributed by atoms with Crippen LogP contribution < -0.4 is 9.47 Å². The Labute approximate surface area is 229 Å². The first kappa shape index (κ1) is 27.4. The molecule has 0 amide bonds. The predicted octanol–water partition coefficient (Wildman–Crippen LogP) is 7.40. The monoisotopic (exact) mass is 559 g/mol. The number of halogens is 4. The molecule has 9 heteroatoms. The first-order valence-electron chi connectivity index (χ1n) is 12.9. The quantitative estimate of drug-likeness (QED) is 0.277. The van der Waals surface area contributed by atoms with Gasteiger partial charge in [-0.05, 0) is 89.6 Å². The third-order valence-corrected chi connectivity index (χ3v) is 7.98. The summed E-state index contributed by atoms with van der Waals surface area (Å²) < 4.78 is 63.2. The molecule has 3 aromatic carbocycles. The maximum absolute atomic E-state index is 14.2. The Bertz CT molecular complexity index is 1330. The number of hydrogen-bond acceptors (Lipinski definition) is 5. The molecule has 2 heterocycles. The Hall–Kier alpha value is -3.17. The zero-order valence-electron chi connectivity index (χ0n) is 21.2. The van der Waals surface area contributed by atoms with E-state index >= 15 is 0 Å². The van der Waals surface area contributed by atoms with E-state index in [1.165, 1.54) is 6.07 Å². The molecular weight excluding hydrogens is 530 g/mol. The summed E-state index contributed by atoms with van der Waals surface area (Å²) in [6, 6.07) is 16.9. The fourth-order valence-electron chi connectivity index (χ4n) is 5.16. The van der Waals surface area contributed by atoms with Gasteiger partial charge in [0.05, 0.1) is 6.67 Å². The molecule has 0 radical (unpaired) electrons. The molecule has 2 aliphatic heterocycles. The van der Waals surface area contributed by atoms with Crippen molar-refractivity contribution in [3.63, 3.8) is 0 Å². The van der Waals surface area contributed by atoms with Gasteiger partial charge in [-0.1, -0.05) is 18.2 Å². The first-order valence-corrected chi connectivity index (χ1v) is 13.9. The standard InChI is InChI=1S/C30H29F4NO3S/c31-12-1-13-35-14-10-23(18-35)37-22-6-2-19(3-7-22)29-24(11-15-39-28-17-21(36)5-8-25(28)29)20-4-9-26(32)27(16-20)38-30(33)34/h2-9,16-17,23,30,36H,1,10-15,18H2/t23-/m0/s1. The summed E-state index contributed by atoms with van der Waals surface area (Å²) in [7, 11) is 0. The number of rotatable bonds is 9. The lowest BCUT2D eigenvalue weighted by molar-refractivity contribution is -0.0522. The van der Waals surface area contributed by atoms with Gasteiger partial charge in [0, 0.05) is 30.3 Å². The Balaban J connectivity index is 1.50. The van der Waals surface area contributed by atoms with Crippen LogP contribution in [0.2, 0.25) is 0 Å². The van der Waals surface area contributed by atoms with E-state index in [1.807, 2.05) is 30.3 Å². The van der Waals surface area contributed by atoms with Gasteiger partial charge in [0.1, 0.15) is 17.6 Å². The van der Waals surface area contributed by atoms with Gasteiger partial charge in [-0.25, -0.2) is 4.39 Å². The van der Waals surface area contributed by atoms with E-state index in [-0.39, 0.29) is 18.5 Å². The minimum Gasteiger partial charge on any atom is -0.508 e. The van der Waals surface area contributed by atoms with Crippen LogP contribution in [0.4, 0.5) is 17.6 Å². The van der Waals surface area contributed by atoms with E-state index < -0.39 is 18.2 Å². The van der Waals surface area contributed by atoms with Crippen LogP contribution in [0.5, 0.6) is 17.2 Å². The van der Waals surface area contributed by atoms with Gasteiger partial charge in [0.15, 0.2) is 11.6 Å². The average molecular weight is 560 g/mol. The Morgan fingerprint density at radius 3 is 2.59 bits per heavy atom. The molecule has 39 heavy (non-hydrogen) atoms. The van der Waals surface area contributed by atoms with Crippen molar-refractivity contribution in [2.75, 3.05) is 32.1 Å². The SMILES string of the molecule is Oc1ccc2c(c1)SCCC(c1ccc(F)c(OC(F)F)c1)=C2c1ccc(O[C@H]2CCN(CCCF)C2)cc1. The molecule has 1 N–H and O–H groups in total. The molecule has 3 aromatic rings. The van der Waals surface area contributed by atoms with Gasteiger partial charge in [-0.3, -0.25) is 9.29 Å². The topological polar surface area (TPSA) is 41.9 Å². The van der Waals surface area contributed by atoms with Crippen molar-refractivity contribution in [2.45, 2.75) is 36.9 Å². The van der Waals surface area contributed by atoms with Crippen molar-refractivity contribution in [3.05, 3.63) is 83.2 Å². The fourth-order valence-corrected chi connectivity index (χ4v) is 6.21. The van der Waals surface area contributed by atoms with E-state index in [4.69, 9.17) is 4.74 Å². The third-order valence-electron chi connectivity index (χ3n) is 6.92. The van der Waals surface area contributed by atoms with Crippen LogP contribution in [0.3, 0.4) is 0 Å². The molecular formula is C30H29F4NO3S. The number of phenolic OH excluding ortho intramolecular Hbond substituents is 1. The highest BCUT2D eigenvalue weighted by molar-refractivity contribution is 7.99. The first-order chi connectivity index (χ1) is 18.9. The summed E-state index contributed by atoms with van der Waals surface area (Å²) in [6.07, 6.45) is 2.03. The number of hydrogen-bond donors (Lipinski definition) is 1. The van der Waals surface area contributed by atoms with Crippen molar-refractivity contribution in [2.24, 2.45) is 0 Å². The summed E-state index contributed by atoms with van der Waals surface area (Å²) in [5.41, 5.74) is 4.08. The molecule has 1 atom stereocenters. The minimum absolute atomic E-state index is 0.0377. The van der Waals surface area contributed by atoms with Gasteiger partial charge in [0.2, 0.25) is 0 Å². The maximum atomic E-state index is 14.2. The van der Waals surface area contributed by atoms with Crippen LogP contribution >= 0.6 is 11.8 Å². The van der Waals surface area contributed by atoms with E-state index in [2.05, 4.69) is 9.64 Å². The third kappa shape index (κ3) is 6.53. The van der Waals surface area contributed by atoms with Crippen LogP contribution in [0.25, 0.3) is 11.1 Å². The van der Waals surface area contributed by atoms with Crippen LogP contribution in [0.15, 0.2) is 65.6 Å². The van der Waals surface area contributed by atoms with Crippen LogP contribution in [-0.4, -0.2) is 54.8 Å². The zero-order chi connectivity index (χ0) is 27.4. The lowest BCUT2D eigenvalue weighted by Gasteiger charge is -2.19. The highest BCUT2D eigenvalue weighted by Gasteiger charge is 2.25. The second-order valence-electron chi connectivity index (χ2n) is 9.55. The average Bonchev–Trinajstić information content (AvgIpc) is 3.27. The van der Waals surface area contributed by atoms with Crippen LogP contribution in [0.1, 0.15) is 36.0 Å². The molecule has 1 fully saturated rings. The summed E-state index contributed by atoms with van der Waals surface area (Å²) in [4.78, 5) is 3.10. The highest BCUT2D eigenvalue weighted by Crippen LogP contribution is 2.44. The van der Waals surface area contributed by atoms with Crippen molar-refractivity contribution in [1.29, 1.82) is 0 Å². The minimum atomic E-state index is -3.14. The number of alkyl halides is 3. The fraction of sp³-hybridized carbons (Fsp3) is 0.333. The van der Waals surface area contributed by atoms with Gasteiger partial charge < -0.3 is 14.6 Å². The van der Waals surface area contributed by atoms with Crippen LogP contribution in [0, 0.1) is 5.82 Å². The maximum Gasteiger partial charge on any atom is 0.387 e. The number of likely N-dealkylation sites (tertiary alicyclic amines) is 1. The van der Waals surface area contributed by atoms with Crippen LogP contribution in [-0.2, 0) is 0 Å². The predicted molar refractivity (Wildman–Crippen MR) is 145 cm³/mol. The molecule has 4 nitrogen and oxygen atoms in total. The largest absolute Gasteiger partial charge is 0.508 e. The van der Waals surface area contributed by atoms with Crippen molar-refractivity contribution < 1.29 is 32.1 Å². The van der Waals surface area contributed by atoms with E-state index in [1.54, 1.807) is 30.0 Å². The second kappa shape index (κ2) is 12.3. The molecule has 0 spiro atoms.